The summed E-state index contributed by atoms with van der Waals surface area (Å²) in [5.41, 5.74) is -0.570. The average Bonchev–Trinajstić information content (AvgIpc) is 2.55. The predicted octanol–water partition coefficient (Wildman–Crippen LogP) is 4.26. The summed E-state index contributed by atoms with van der Waals surface area (Å²) in [4.78, 5) is 2.20. The van der Waals surface area contributed by atoms with Crippen molar-refractivity contribution in [3.05, 3.63) is 28.8 Å². The Morgan fingerprint density at radius 1 is 1.25 bits per heavy atom. The molecule has 0 amide bonds. The van der Waals surface area contributed by atoms with Crippen LogP contribution in [-0.4, -0.2) is 31.1 Å². The summed E-state index contributed by atoms with van der Waals surface area (Å²) >= 11 is 5.68. The summed E-state index contributed by atoms with van der Waals surface area (Å²) < 4.78 is 39.1. The third-order valence-electron chi connectivity index (χ3n) is 3.60. The first-order chi connectivity index (χ1) is 9.36. The van der Waals surface area contributed by atoms with Crippen LogP contribution in [-0.2, 0) is 6.18 Å². The molecule has 1 atom stereocenters. The number of halogens is 4. The molecule has 6 heteroatoms. The third kappa shape index (κ3) is 4.03. The number of hydrogen-bond donors (Lipinski definition) is 1. The zero-order chi connectivity index (χ0) is 14.8. The van der Waals surface area contributed by atoms with Crippen molar-refractivity contribution in [3.8, 4) is 0 Å². The minimum atomic E-state index is -4.39. The number of anilines is 1. The number of nitrogens with one attached hydrogen (secondary N) is 1. The van der Waals surface area contributed by atoms with Crippen LogP contribution in [0.2, 0.25) is 5.02 Å². The van der Waals surface area contributed by atoms with Crippen molar-refractivity contribution in [2.45, 2.75) is 31.5 Å². The van der Waals surface area contributed by atoms with Gasteiger partial charge in [-0.2, -0.15) is 13.2 Å². The Kier molecular flexibility index (Phi) is 4.81. The van der Waals surface area contributed by atoms with Crippen LogP contribution >= 0.6 is 11.6 Å². The highest BCUT2D eigenvalue weighted by atomic mass is 35.5. The van der Waals surface area contributed by atoms with Gasteiger partial charge in [-0.3, -0.25) is 0 Å². The third-order valence-corrected chi connectivity index (χ3v) is 3.83. The fourth-order valence-corrected chi connectivity index (χ4v) is 2.65. The Bertz CT molecular complexity index is 462. The van der Waals surface area contributed by atoms with Crippen molar-refractivity contribution in [1.29, 1.82) is 0 Å². The Labute approximate surface area is 121 Å². The van der Waals surface area contributed by atoms with Gasteiger partial charge in [-0.1, -0.05) is 11.6 Å². The van der Waals surface area contributed by atoms with E-state index in [2.05, 4.69) is 10.2 Å². The van der Waals surface area contributed by atoms with Gasteiger partial charge >= 0.3 is 6.18 Å². The number of alkyl halides is 3. The molecular weight excluding hydrogens is 289 g/mol. The normalized spacial score (nSPS) is 21.6. The average molecular weight is 307 g/mol. The van der Waals surface area contributed by atoms with E-state index in [0.29, 0.717) is 0 Å². The standard InChI is InChI=1S/C14H18ClF3N2/c1-20-7-2-3-11(6-8-20)19-13-5-4-10(15)9-12(13)14(16,17)18/h4-5,9,11,19H,2-3,6-8H2,1H3. The lowest BCUT2D eigenvalue weighted by atomic mass is 10.1. The van der Waals surface area contributed by atoms with Crippen LogP contribution < -0.4 is 5.32 Å². The van der Waals surface area contributed by atoms with E-state index in [1.165, 1.54) is 12.1 Å². The number of benzene rings is 1. The summed E-state index contributed by atoms with van der Waals surface area (Å²) in [6, 6.07) is 3.95. The molecular formula is C14H18ClF3N2. The summed E-state index contributed by atoms with van der Waals surface area (Å²) in [7, 11) is 2.03. The molecule has 0 aromatic heterocycles. The maximum absolute atomic E-state index is 13.0. The van der Waals surface area contributed by atoms with Crippen LogP contribution in [0.1, 0.15) is 24.8 Å². The van der Waals surface area contributed by atoms with Gasteiger partial charge in [0.05, 0.1) is 5.56 Å². The zero-order valence-corrected chi connectivity index (χ0v) is 12.1. The SMILES string of the molecule is CN1CCCC(Nc2ccc(Cl)cc2C(F)(F)F)CC1. The molecule has 0 saturated carbocycles. The number of likely N-dealkylation sites (tertiary alicyclic amines) is 1. The van der Waals surface area contributed by atoms with Gasteiger partial charge in [-0.05, 0) is 57.6 Å². The van der Waals surface area contributed by atoms with Crippen LogP contribution in [0, 0.1) is 0 Å². The molecule has 1 saturated heterocycles. The summed E-state index contributed by atoms with van der Waals surface area (Å²) in [5, 5.41) is 3.14. The van der Waals surface area contributed by atoms with Gasteiger partial charge in [0.1, 0.15) is 0 Å². The molecule has 0 radical (unpaired) electrons. The minimum absolute atomic E-state index is 0.0715. The van der Waals surface area contributed by atoms with Crippen molar-refractivity contribution in [3.63, 3.8) is 0 Å². The molecule has 1 aliphatic rings. The van der Waals surface area contributed by atoms with Gasteiger partial charge in [-0.15, -0.1) is 0 Å². The lowest BCUT2D eigenvalue weighted by molar-refractivity contribution is -0.137. The van der Waals surface area contributed by atoms with Crippen molar-refractivity contribution in [2.75, 3.05) is 25.5 Å². The van der Waals surface area contributed by atoms with Crippen LogP contribution in [0.4, 0.5) is 18.9 Å². The molecule has 1 aromatic rings. The molecule has 112 valence electrons. The van der Waals surface area contributed by atoms with E-state index in [9.17, 15) is 13.2 Å². The van der Waals surface area contributed by atoms with Crippen LogP contribution in [0.25, 0.3) is 0 Å². The van der Waals surface area contributed by atoms with E-state index in [0.717, 1.165) is 38.4 Å². The maximum atomic E-state index is 13.0. The van der Waals surface area contributed by atoms with Gasteiger partial charge in [-0.25, -0.2) is 0 Å². The van der Waals surface area contributed by atoms with E-state index in [1.807, 2.05) is 7.05 Å². The maximum Gasteiger partial charge on any atom is 0.418 e. The number of hydrogen-bond acceptors (Lipinski definition) is 2. The number of nitrogens with zero attached hydrogens (tertiary/aromatic N) is 1. The van der Waals surface area contributed by atoms with E-state index in [1.54, 1.807) is 0 Å². The summed E-state index contributed by atoms with van der Waals surface area (Å²) in [6.45, 7) is 1.89. The van der Waals surface area contributed by atoms with Crippen LogP contribution in [0.15, 0.2) is 18.2 Å². The number of rotatable bonds is 2. The lowest BCUT2D eigenvalue weighted by Gasteiger charge is -2.21. The minimum Gasteiger partial charge on any atom is -0.382 e. The molecule has 1 fully saturated rings. The smallest absolute Gasteiger partial charge is 0.382 e. The lowest BCUT2D eigenvalue weighted by Crippen LogP contribution is -2.24. The fourth-order valence-electron chi connectivity index (χ4n) is 2.48. The van der Waals surface area contributed by atoms with Gasteiger partial charge < -0.3 is 10.2 Å². The van der Waals surface area contributed by atoms with E-state index >= 15 is 0 Å². The Hall–Kier alpha value is -0.940. The molecule has 20 heavy (non-hydrogen) atoms. The molecule has 1 aliphatic heterocycles. The second kappa shape index (κ2) is 6.22. The Morgan fingerprint density at radius 3 is 2.70 bits per heavy atom. The topological polar surface area (TPSA) is 15.3 Å². The summed E-state index contributed by atoms with van der Waals surface area (Å²) in [5.74, 6) is 0. The highest BCUT2D eigenvalue weighted by Crippen LogP contribution is 2.37. The van der Waals surface area contributed by atoms with Crippen LogP contribution in [0.5, 0.6) is 0 Å². The van der Waals surface area contributed by atoms with E-state index in [4.69, 9.17) is 11.6 Å². The van der Waals surface area contributed by atoms with Crippen molar-refractivity contribution >= 4 is 17.3 Å². The first-order valence-corrected chi connectivity index (χ1v) is 7.06. The van der Waals surface area contributed by atoms with Gasteiger partial charge in [0.15, 0.2) is 0 Å². The molecule has 1 unspecified atom stereocenters. The van der Waals surface area contributed by atoms with Crippen molar-refractivity contribution in [2.24, 2.45) is 0 Å². The van der Waals surface area contributed by atoms with E-state index < -0.39 is 11.7 Å². The fraction of sp³-hybridized carbons (Fsp3) is 0.571. The van der Waals surface area contributed by atoms with Crippen molar-refractivity contribution in [1.82, 2.24) is 4.90 Å². The molecule has 1 N–H and O–H groups in total. The summed E-state index contributed by atoms with van der Waals surface area (Å²) in [6.07, 6.45) is -1.68. The van der Waals surface area contributed by atoms with E-state index in [-0.39, 0.29) is 16.8 Å². The molecule has 0 aliphatic carbocycles. The molecule has 1 aromatic carbocycles. The highest BCUT2D eigenvalue weighted by molar-refractivity contribution is 6.30. The Balaban J connectivity index is 2.16. The molecule has 0 spiro atoms. The first kappa shape index (κ1) is 15.4. The van der Waals surface area contributed by atoms with Crippen LogP contribution in [0.3, 0.4) is 0 Å². The molecule has 1 heterocycles. The predicted molar refractivity (Wildman–Crippen MR) is 75.2 cm³/mol. The molecule has 2 nitrogen and oxygen atoms in total. The van der Waals surface area contributed by atoms with Gasteiger partial charge in [0, 0.05) is 16.8 Å². The largest absolute Gasteiger partial charge is 0.418 e. The molecule has 0 bridgehead atoms. The van der Waals surface area contributed by atoms with Crippen molar-refractivity contribution < 1.29 is 13.2 Å². The second-order valence-electron chi connectivity index (χ2n) is 5.26. The van der Waals surface area contributed by atoms with Gasteiger partial charge in [0.2, 0.25) is 0 Å². The molecule has 2 rings (SSSR count). The highest BCUT2D eigenvalue weighted by Gasteiger charge is 2.34. The van der Waals surface area contributed by atoms with Gasteiger partial charge in [0.25, 0.3) is 0 Å². The monoisotopic (exact) mass is 306 g/mol. The first-order valence-electron chi connectivity index (χ1n) is 6.68. The quantitative estimate of drug-likeness (QED) is 0.878. The second-order valence-corrected chi connectivity index (χ2v) is 5.70. The zero-order valence-electron chi connectivity index (χ0n) is 11.3. The Morgan fingerprint density at radius 2 is 2.00 bits per heavy atom.